The van der Waals surface area contributed by atoms with Crippen LogP contribution in [0.3, 0.4) is 0 Å². The summed E-state index contributed by atoms with van der Waals surface area (Å²) in [7, 11) is 0. The van der Waals surface area contributed by atoms with Crippen LogP contribution in [0.25, 0.3) is 0 Å². The molecule has 19 heavy (non-hydrogen) atoms. The van der Waals surface area contributed by atoms with Gasteiger partial charge in [-0.3, -0.25) is 4.90 Å². The van der Waals surface area contributed by atoms with E-state index in [-0.39, 0.29) is 5.54 Å². The van der Waals surface area contributed by atoms with E-state index in [4.69, 9.17) is 0 Å². The van der Waals surface area contributed by atoms with E-state index >= 15 is 0 Å². The van der Waals surface area contributed by atoms with Gasteiger partial charge in [0, 0.05) is 0 Å². The molecule has 2 unspecified atom stereocenters. The molecule has 0 aromatic rings. The topological polar surface area (TPSA) is 27.0 Å². The van der Waals surface area contributed by atoms with Crippen LogP contribution in [-0.4, -0.2) is 23.5 Å². The van der Waals surface area contributed by atoms with E-state index in [0.29, 0.717) is 0 Å². The molecular weight excluding hydrogens is 232 g/mol. The zero-order valence-electron chi connectivity index (χ0n) is 12.8. The maximum Gasteiger partial charge on any atom is 0.109 e. The maximum atomic E-state index is 9.84. The highest BCUT2D eigenvalue weighted by molar-refractivity contribution is 5.09. The molecule has 2 heteroatoms. The van der Waals surface area contributed by atoms with Gasteiger partial charge in [-0.25, -0.2) is 0 Å². The van der Waals surface area contributed by atoms with E-state index in [1.165, 1.54) is 44.9 Å². The number of nitriles is 1. The van der Waals surface area contributed by atoms with Crippen LogP contribution in [0.4, 0.5) is 0 Å². The van der Waals surface area contributed by atoms with E-state index in [9.17, 15) is 5.26 Å². The number of nitrogens with zero attached hydrogens (tertiary/aromatic N) is 2. The first-order chi connectivity index (χ1) is 9.18. The largest absolute Gasteiger partial charge is 0.286 e. The summed E-state index contributed by atoms with van der Waals surface area (Å²) in [5.74, 6) is 1.61. The summed E-state index contributed by atoms with van der Waals surface area (Å²) in [5.41, 5.74) is -0.131. The monoisotopic (exact) mass is 262 g/mol. The number of hydrogen-bond acceptors (Lipinski definition) is 2. The average Bonchev–Trinajstić information content (AvgIpc) is 2.80. The molecule has 0 amide bonds. The normalized spacial score (nSPS) is 34.5. The van der Waals surface area contributed by atoms with Crippen molar-refractivity contribution in [3.63, 3.8) is 0 Å². The van der Waals surface area contributed by atoms with E-state index in [0.717, 1.165) is 37.8 Å². The second-order valence-corrected chi connectivity index (χ2v) is 6.98. The molecule has 1 heterocycles. The van der Waals surface area contributed by atoms with Crippen molar-refractivity contribution >= 4 is 0 Å². The van der Waals surface area contributed by atoms with Crippen molar-refractivity contribution < 1.29 is 0 Å². The second-order valence-electron chi connectivity index (χ2n) is 6.98. The summed E-state index contributed by atoms with van der Waals surface area (Å²) in [5, 5.41) is 9.84. The summed E-state index contributed by atoms with van der Waals surface area (Å²) >= 11 is 0. The fourth-order valence-corrected chi connectivity index (χ4v) is 4.01. The SMILES string of the molecule is CC(C)C1CCCC(C#N)(N2CCCCCC2)CC1. The van der Waals surface area contributed by atoms with Gasteiger partial charge in [-0.05, 0) is 57.0 Å². The van der Waals surface area contributed by atoms with E-state index < -0.39 is 0 Å². The predicted molar refractivity (Wildman–Crippen MR) is 79.8 cm³/mol. The van der Waals surface area contributed by atoms with Gasteiger partial charge < -0.3 is 0 Å². The zero-order chi connectivity index (χ0) is 13.7. The highest BCUT2D eigenvalue weighted by Gasteiger charge is 2.39. The highest BCUT2D eigenvalue weighted by Crippen LogP contribution is 2.38. The molecule has 1 saturated carbocycles. The summed E-state index contributed by atoms with van der Waals surface area (Å²) in [6.45, 7) is 6.99. The predicted octanol–water partition coefficient (Wildman–Crippen LogP) is 4.36. The summed E-state index contributed by atoms with van der Waals surface area (Å²) in [6, 6.07) is 2.74. The Morgan fingerprint density at radius 2 is 1.68 bits per heavy atom. The van der Waals surface area contributed by atoms with Gasteiger partial charge >= 0.3 is 0 Å². The van der Waals surface area contributed by atoms with E-state index in [2.05, 4.69) is 24.8 Å². The van der Waals surface area contributed by atoms with Gasteiger partial charge in [-0.15, -0.1) is 0 Å². The zero-order valence-corrected chi connectivity index (χ0v) is 12.8. The Balaban J connectivity index is 2.07. The van der Waals surface area contributed by atoms with E-state index in [1.54, 1.807) is 0 Å². The Bertz CT molecular complexity index is 310. The molecule has 0 bridgehead atoms. The Kier molecular flexibility index (Phi) is 5.28. The van der Waals surface area contributed by atoms with Crippen LogP contribution in [0.5, 0.6) is 0 Å². The maximum absolute atomic E-state index is 9.84. The van der Waals surface area contributed by atoms with Crippen molar-refractivity contribution in [2.75, 3.05) is 13.1 Å². The third-order valence-electron chi connectivity index (χ3n) is 5.46. The molecule has 0 N–H and O–H groups in total. The molecule has 1 saturated heterocycles. The molecular formula is C17H30N2. The lowest BCUT2D eigenvalue weighted by Gasteiger charge is -2.38. The summed E-state index contributed by atoms with van der Waals surface area (Å²) in [4.78, 5) is 2.54. The van der Waals surface area contributed by atoms with Crippen molar-refractivity contribution in [3.05, 3.63) is 0 Å². The first-order valence-electron chi connectivity index (χ1n) is 8.34. The van der Waals surface area contributed by atoms with E-state index in [1.807, 2.05) is 0 Å². The van der Waals surface area contributed by atoms with Crippen molar-refractivity contribution in [2.45, 2.75) is 77.2 Å². The van der Waals surface area contributed by atoms with Gasteiger partial charge in [0.15, 0.2) is 0 Å². The van der Waals surface area contributed by atoms with Gasteiger partial charge in [0.25, 0.3) is 0 Å². The van der Waals surface area contributed by atoms with Crippen LogP contribution >= 0.6 is 0 Å². The molecule has 0 aromatic carbocycles. The van der Waals surface area contributed by atoms with Crippen LogP contribution in [0.2, 0.25) is 0 Å². The lowest BCUT2D eigenvalue weighted by atomic mass is 9.86. The number of likely N-dealkylation sites (tertiary alicyclic amines) is 1. The average molecular weight is 262 g/mol. The molecule has 108 valence electrons. The summed E-state index contributed by atoms with van der Waals surface area (Å²) < 4.78 is 0. The first kappa shape index (κ1) is 14.9. The minimum atomic E-state index is -0.131. The molecule has 1 aliphatic carbocycles. The van der Waals surface area contributed by atoms with Gasteiger partial charge in [0.05, 0.1) is 6.07 Å². The highest BCUT2D eigenvalue weighted by atomic mass is 15.2. The Morgan fingerprint density at radius 1 is 1.00 bits per heavy atom. The van der Waals surface area contributed by atoms with Crippen molar-refractivity contribution in [1.82, 2.24) is 4.90 Å². The Hall–Kier alpha value is -0.550. The Labute approximate surface area is 119 Å². The minimum Gasteiger partial charge on any atom is -0.286 e. The van der Waals surface area contributed by atoms with Gasteiger partial charge in [0.2, 0.25) is 0 Å². The first-order valence-corrected chi connectivity index (χ1v) is 8.34. The number of rotatable bonds is 2. The molecule has 1 aliphatic heterocycles. The standard InChI is InChI=1S/C17H30N2/c1-15(2)16-8-7-10-17(14-18,11-9-16)19-12-5-3-4-6-13-19/h15-16H,3-13H2,1-2H3. The minimum absolute atomic E-state index is 0.131. The van der Waals surface area contributed by atoms with Gasteiger partial charge in [-0.1, -0.05) is 39.5 Å². The second kappa shape index (κ2) is 6.75. The molecule has 2 fully saturated rings. The molecule has 2 atom stereocenters. The third kappa shape index (κ3) is 3.51. The van der Waals surface area contributed by atoms with Crippen LogP contribution in [0.1, 0.15) is 71.6 Å². The van der Waals surface area contributed by atoms with Crippen LogP contribution in [-0.2, 0) is 0 Å². The molecule has 2 nitrogen and oxygen atoms in total. The van der Waals surface area contributed by atoms with Gasteiger partial charge in [-0.2, -0.15) is 5.26 Å². The lowest BCUT2D eigenvalue weighted by Crippen LogP contribution is -2.48. The molecule has 2 rings (SSSR count). The fraction of sp³-hybridized carbons (Fsp3) is 0.941. The lowest BCUT2D eigenvalue weighted by molar-refractivity contribution is 0.122. The van der Waals surface area contributed by atoms with Crippen LogP contribution in [0.15, 0.2) is 0 Å². The third-order valence-corrected chi connectivity index (χ3v) is 5.46. The van der Waals surface area contributed by atoms with Crippen LogP contribution < -0.4 is 0 Å². The van der Waals surface area contributed by atoms with Crippen molar-refractivity contribution in [1.29, 1.82) is 5.26 Å². The molecule has 0 radical (unpaired) electrons. The molecule has 0 spiro atoms. The number of hydrogen-bond donors (Lipinski definition) is 0. The molecule has 2 aliphatic rings. The van der Waals surface area contributed by atoms with Crippen LogP contribution in [0, 0.1) is 23.2 Å². The fourth-order valence-electron chi connectivity index (χ4n) is 4.01. The van der Waals surface area contributed by atoms with Crippen molar-refractivity contribution in [2.24, 2.45) is 11.8 Å². The quantitative estimate of drug-likeness (QED) is 0.691. The summed E-state index contributed by atoms with van der Waals surface area (Å²) in [6.07, 6.45) is 11.3. The smallest absolute Gasteiger partial charge is 0.109 e. The Morgan fingerprint density at radius 3 is 2.26 bits per heavy atom. The van der Waals surface area contributed by atoms with Gasteiger partial charge in [0.1, 0.15) is 5.54 Å². The molecule has 0 aromatic heterocycles. The van der Waals surface area contributed by atoms with Crippen molar-refractivity contribution in [3.8, 4) is 6.07 Å².